The van der Waals surface area contributed by atoms with E-state index < -0.39 is 0 Å². The van der Waals surface area contributed by atoms with E-state index in [1.54, 1.807) is 0 Å². The molecule has 118 valence electrons. The molecule has 0 spiro atoms. The van der Waals surface area contributed by atoms with Crippen molar-refractivity contribution < 1.29 is 0 Å². The Hall–Kier alpha value is -0.120. The molecule has 0 aliphatic carbocycles. The molecule has 2 rings (SSSR count). The fourth-order valence-electron chi connectivity index (χ4n) is 3.56. The zero-order chi connectivity index (χ0) is 14.2. The Labute approximate surface area is 126 Å². The van der Waals surface area contributed by atoms with Crippen LogP contribution in [0, 0.1) is 11.8 Å². The number of hydrogen-bond acceptors (Lipinski definition) is 3. The van der Waals surface area contributed by atoms with E-state index in [1.807, 2.05) is 0 Å². The quantitative estimate of drug-likeness (QED) is 0.773. The summed E-state index contributed by atoms with van der Waals surface area (Å²) < 4.78 is 0. The Morgan fingerprint density at radius 3 is 2.40 bits per heavy atom. The fraction of sp³-hybridized carbons (Fsp3) is 1.00. The molecule has 2 fully saturated rings. The van der Waals surface area contributed by atoms with E-state index >= 15 is 0 Å². The second-order valence-corrected chi connectivity index (χ2v) is 7.26. The lowest BCUT2D eigenvalue weighted by molar-refractivity contribution is 0.138. The largest absolute Gasteiger partial charge is 0.316 e. The lowest BCUT2D eigenvalue weighted by Crippen LogP contribution is -2.44. The predicted octanol–water partition coefficient (Wildman–Crippen LogP) is 2.43. The molecule has 0 radical (unpaired) electrons. The maximum Gasteiger partial charge on any atom is 0.0109 e. The molecule has 2 heterocycles. The Morgan fingerprint density at radius 1 is 0.950 bits per heavy atom. The lowest BCUT2D eigenvalue weighted by Gasteiger charge is -2.35. The van der Waals surface area contributed by atoms with Gasteiger partial charge in [-0.2, -0.15) is 0 Å². The number of rotatable bonds is 7. The predicted molar refractivity (Wildman–Crippen MR) is 87.2 cm³/mol. The minimum Gasteiger partial charge on any atom is -0.316 e. The highest BCUT2D eigenvalue weighted by atomic mass is 15.2. The van der Waals surface area contributed by atoms with Crippen molar-refractivity contribution in [1.29, 1.82) is 0 Å². The summed E-state index contributed by atoms with van der Waals surface area (Å²) in [6, 6.07) is 0. The third-order valence-corrected chi connectivity index (χ3v) is 4.77. The van der Waals surface area contributed by atoms with E-state index in [0.717, 1.165) is 11.8 Å². The van der Waals surface area contributed by atoms with Gasteiger partial charge in [-0.1, -0.05) is 20.3 Å². The van der Waals surface area contributed by atoms with Gasteiger partial charge < -0.3 is 15.1 Å². The molecule has 20 heavy (non-hydrogen) atoms. The van der Waals surface area contributed by atoms with Crippen LogP contribution >= 0.6 is 0 Å². The fourth-order valence-corrected chi connectivity index (χ4v) is 3.56. The van der Waals surface area contributed by atoms with Crippen molar-refractivity contribution in [3.63, 3.8) is 0 Å². The Morgan fingerprint density at radius 2 is 1.65 bits per heavy atom. The number of nitrogens with one attached hydrogen (secondary N) is 1. The molecule has 3 heteroatoms. The molecule has 1 unspecified atom stereocenters. The van der Waals surface area contributed by atoms with Crippen LogP contribution in [0.4, 0.5) is 0 Å². The molecule has 0 aromatic heterocycles. The second-order valence-electron chi connectivity index (χ2n) is 7.26. The van der Waals surface area contributed by atoms with Crippen LogP contribution in [0.5, 0.6) is 0 Å². The van der Waals surface area contributed by atoms with E-state index in [0.29, 0.717) is 0 Å². The summed E-state index contributed by atoms with van der Waals surface area (Å²) in [4.78, 5) is 5.38. The summed E-state index contributed by atoms with van der Waals surface area (Å²) in [5.41, 5.74) is 0. The SMILES string of the molecule is CC(C)CNCC1CCCN(CCN2CCCCC2)C1. The molecule has 0 saturated carbocycles. The normalized spacial score (nSPS) is 26.2. The van der Waals surface area contributed by atoms with Crippen LogP contribution in [0.25, 0.3) is 0 Å². The lowest BCUT2D eigenvalue weighted by atomic mass is 9.97. The summed E-state index contributed by atoms with van der Waals surface area (Å²) in [5, 5.41) is 3.64. The van der Waals surface area contributed by atoms with Crippen molar-refractivity contribution in [3.05, 3.63) is 0 Å². The molecule has 0 bridgehead atoms. The van der Waals surface area contributed by atoms with Gasteiger partial charge in [0.1, 0.15) is 0 Å². The maximum absolute atomic E-state index is 3.64. The highest BCUT2D eigenvalue weighted by molar-refractivity contribution is 4.76. The minimum atomic E-state index is 0.772. The highest BCUT2D eigenvalue weighted by Gasteiger charge is 2.20. The van der Waals surface area contributed by atoms with E-state index in [2.05, 4.69) is 29.0 Å². The van der Waals surface area contributed by atoms with Gasteiger partial charge in [0.25, 0.3) is 0 Å². The van der Waals surface area contributed by atoms with Gasteiger partial charge in [-0.15, -0.1) is 0 Å². The van der Waals surface area contributed by atoms with Crippen molar-refractivity contribution in [2.75, 3.05) is 52.4 Å². The molecular weight excluding hydrogens is 246 g/mol. The number of nitrogens with zero attached hydrogens (tertiary/aromatic N) is 2. The average Bonchev–Trinajstić information content (AvgIpc) is 2.46. The van der Waals surface area contributed by atoms with E-state index in [-0.39, 0.29) is 0 Å². The Balaban J connectivity index is 1.60. The maximum atomic E-state index is 3.64. The van der Waals surface area contributed by atoms with Gasteiger partial charge in [0, 0.05) is 19.6 Å². The molecular formula is C17H35N3. The van der Waals surface area contributed by atoms with Crippen LogP contribution in [-0.4, -0.2) is 62.2 Å². The third kappa shape index (κ3) is 6.11. The van der Waals surface area contributed by atoms with Gasteiger partial charge in [0.2, 0.25) is 0 Å². The molecule has 0 aromatic rings. The van der Waals surface area contributed by atoms with Crippen molar-refractivity contribution in [2.24, 2.45) is 11.8 Å². The Bertz CT molecular complexity index is 249. The number of likely N-dealkylation sites (tertiary alicyclic amines) is 2. The average molecular weight is 281 g/mol. The molecule has 2 aliphatic heterocycles. The first-order valence-electron chi connectivity index (χ1n) is 8.89. The van der Waals surface area contributed by atoms with Crippen LogP contribution in [0.15, 0.2) is 0 Å². The minimum absolute atomic E-state index is 0.772. The number of hydrogen-bond donors (Lipinski definition) is 1. The standard InChI is InChI=1S/C17H35N3/c1-16(2)13-18-14-17-7-6-10-20(15-17)12-11-19-8-4-3-5-9-19/h16-18H,3-15H2,1-2H3. The molecule has 2 aliphatic rings. The summed E-state index contributed by atoms with van der Waals surface area (Å²) in [6.45, 7) is 14.9. The first kappa shape index (κ1) is 16.3. The second kappa shape index (κ2) is 9.01. The van der Waals surface area contributed by atoms with Crippen LogP contribution in [-0.2, 0) is 0 Å². The Kier molecular flexibility index (Phi) is 7.32. The first-order valence-corrected chi connectivity index (χ1v) is 8.89. The summed E-state index contributed by atoms with van der Waals surface area (Å²) in [6.07, 6.45) is 7.10. The van der Waals surface area contributed by atoms with Crippen LogP contribution in [0.2, 0.25) is 0 Å². The summed E-state index contributed by atoms with van der Waals surface area (Å²) in [7, 11) is 0. The zero-order valence-electron chi connectivity index (χ0n) is 13.7. The van der Waals surface area contributed by atoms with Gasteiger partial charge in [0.15, 0.2) is 0 Å². The summed E-state index contributed by atoms with van der Waals surface area (Å²) in [5.74, 6) is 1.65. The monoisotopic (exact) mass is 281 g/mol. The van der Waals surface area contributed by atoms with Crippen LogP contribution < -0.4 is 5.32 Å². The van der Waals surface area contributed by atoms with E-state index in [1.165, 1.54) is 84.5 Å². The smallest absolute Gasteiger partial charge is 0.0109 e. The van der Waals surface area contributed by atoms with Crippen molar-refractivity contribution in [1.82, 2.24) is 15.1 Å². The van der Waals surface area contributed by atoms with Gasteiger partial charge in [-0.3, -0.25) is 0 Å². The molecule has 0 aromatic carbocycles. The van der Waals surface area contributed by atoms with Gasteiger partial charge in [-0.05, 0) is 70.2 Å². The third-order valence-electron chi connectivity index (χ3n) is 4.77. The van der Waals surface area contributed by atoms with Gasteiger partial charge >= 0.3 is 0 Å². The molecule has 1 N–H and O–H groups in total. The topological polar surface area (TPSA) is 18.5 Å². The van der Waals surface area contributed by atoms with Crippen LogP contribution in [0.3, 0.4) is 0 Å². The van der Waals surface area contributed by atoms with Crippen molar-refractivity contribution in [2.45, 2.75) is 46.0 Å². The molecule has 2 saturated heterocycles. The van der Waals surface area contributed by atoms with Crippen molar-refractivity contribution in [3.8, 4) is 0 Å². The molecule has 1 atom stereocenters. The van der Waals surface area contributed by atoms with Crippen LogP contribution in [0.1, 0.15) is 46.0 Å². The van der Waals surface area contributed by atoms with Gasteiger partial charge in [-0.25, -0.2) is 0 Å². The van der Waals surface area contributed by atoms with E-state index in [4.69, 9.17) is 0 Å². The molecule has 3 nitrogen and oxygen atoms in total. The van der Waals surface area contributed by atoms with Gasteiger partial charge in [0.05, 0.1) is 0 Å². The highest BCUT2D eigenvalue weighted by Crippen LogP contribution is 2.16. The van der Waals surface area contributed by atoms with E-state index in [9.17, 15) is 0 Å². The molecule has 0 amide bonds. The first-order chi connectivity index (χ1) is 9.74. The van der Waals surface area contributed by atoms with Crippen molar-refractivity contribution >= 4 is 0 Å². The summed E-state index contributed by atoms with van der Waals surface area (Å²) >= 11 is 0. The number of piperidine rings is 2. The zero-order valence-corrected chi connectivity index (χ0v) is 13.7.